The predicted molar refractivity (Wildman–Crippen MR) is 91.7 cm³/mol. The second-order valence-corrected chi connectivity index (χ2v) is 6.51. The van der Waals surface area contributed by atoms with Gasteiger partial charge in [-0.15, -0.1) is 0 Å². The molecule has 24 heavy (non-hydrogen) atoms. The van der Waals surface area contributed by atoms with Crippen molar-refractivity contribution in [2.24, 2.45) is 0 Å². The van der Waals surface area contributed by atoms with Gasteiger partial charge >= 0.3 is 5.69 Å². The Bertz CT molecular complexity index is 581. The lowest BCUT2D eigenvalue weighted by molar-refractivity contribution is -0.386. The van der Waals surface area contributed by atoms with Crippen molar-refractivity contribution in [2.75, 3.05) is 58.3 Å². The highest BCUT2D eigenvalue weighted by molar-refractivity contribution is 5.50. The number of methoxy groups -OCH3 is 1. The number of piperidine rings is 1. The fourth-order valence-corrected chi connectivity index (χ4v) is 3.56. The summed E-state index contributed by atoms with van der Waals surface area (Å²) in [6.07, 6.45) is 2.47. The largest absolute Gasteiger partial charge is 0.476 e. The third kappa shape index (κ3) is 3.59. The molecule has 2 aliphatic rings. The van der Waals surface area contributed by atoms with Crippen LogP contribution in [0.3, 0.4) is 0 Å². The Hall–Kier alpha value is -1.93. The van der Waals surface area contributed by atoms with Crippen LogP contribution in [0.4, 0.5) is 11.5 Å². The maximum atomic E-state index is 11.0. The average molecular weight is 335 g/mol. The van der Waals surface area contributed by atoms with E-state index in [9.17, 15) is 10.1 Å². The molecule has 0 atom stereocenters. The Labute approximate surface area is 142 Å². The van der Waals surface area contributed by atoms with Crippen LogP contribution in [0.25, 0.3) is 0 Å². The normalized spacial score (nSPS) is 21.0. The maximum absolute atomic E-state index is 11.0. The quantitative estimate of drug-likeness (QED) is 0.605. The van der Waals surface area contributed by atoms with Gasteiger partial charge in [0.15, 0.2) is 0 Å². The van der Waals surface area contributed by atoms with Crippen molar-refractivity contribution in [2.45, 2.75) is 18.9 Å². The smallest absolute Gasteiger partial charge is 0.331 e. The molecule has 132 valence electrons. The zero-order valence-corrected chi connectivity index (χ0v) is 14.3. The summed E-state index contributed by atoms with van der Waals surface area (Å²) in [5.41, 5.74) is -0.0915. The van der Waals surface area contributed by atoms with Gasteiger partial charge in [0.2, 0.25) is 0 Å². The van der Waals surface area contributed by atoms with Crippen LogP contribution < -0.4 is 9.64 Å². The Kier molecular flexibility index (Phi) is 5.15. The summed E-state index contributed by atoms with van der Waals surface area (Å²) in [5.74, 6) is 0.829. The van der Waals surface area contributed by atoms with E-state index in [-0.39, 0.29) is 11.6 Å². The van der Waals surface area contributed by atoms with Gasteiger partial charge in [-0.2, -0.15) is 4.98 Å². The number of hydrogen-bond donors (Lipinski definition) is 0. The van der Waals surface area contributed by atoms with Crippen LogP contribution in [0.15, 0.2) is 12.1 Å². The Morgan fingerprint density at radius 2 is 1.83 bits per heavy atom. The first kappa shape index (κ1) is 16.9. The molecular formula is C16H25N5O3. The zero-order valence-electron chi connectivity index (χ0n) is 14.3. The lowest BCUT2D eigenvalue weighted by Crippen LogP contribution is -2.53. The third-order valence-corrected chi connectivity index (χ3v) is 5.06. The molecule has 0 N–H and O–H groups in total. The van der Waals surface area contributed by atoms with E-state index < -0.39 is 4.92 Å². The molecule has 0 saturated carbocycles. The van der Waals surface area contributed by atoms with E-state index in [4.69, 9.17) is 4.74 Å². The van der Waals surface area contributed by atoms with Crippen LogP contribution in [0, 0.1) is 10.1 Å². The highest BCUT2D eigenvalue weighted by atomic mass is 16.6. The van der Waals surface area contributed by atoms with Gasteiger partial charge < -0.3 is 14.5 Å². The summed E-state index contributed by atoms with van der Waals surface area (Å²) in [7, 11) is 3.60. The molecule has 8 heteroatoms. The number of likely N-dealkylation sites (tertiary alicyclic amines) is 1. The molecule has 0 aliphatic carbocycles. The monoisotopic (exact) mass is 335 g/mol. The molecule has 0 radical (unpaired) electrons. The van der Waals surface area contributed by atoms with Crippen LogP contribution in [-0.4, -0.2) is 79.2 Å². The summed E-state index contributed by atoms with van der Waals surface area (Å²) in [4.78, 5) is 22.0. The molecular weight excluding hydrogens is 310 g/mol. The minimum atomic E-state index is -0.465. The first-order valence-electron chi connectivity index (χ1n) is 8.45. The van der Waals surface area contributed by atoms with Crippen LogP contribution in [0.2, 0.25) is 0 Å². The standard InChI is InChI=1S/C16H25N5O3/c1-18-7-5-13(6-8-18)19-9-11-20(12-10-19)15-4-3-14(21(22)23)16(17-15)24-2/h3-4,13H,5-12H2,1-2H3. The van der Waals surface area contributed by atoms with Crippen molar-refractivity contribution in [3.05, 3.63) is 22.2 Å². The van der Waals surface area contributed by atoms with Crippen molar-refractivity contribution in [3.63, 3.8) is 0 Å². The lowest BCUT2D eigenvalue weighted by Gasteiger charge is -2.42. The number of nitrogens with zero attached hydrogens (tertiary/aromatic N) is 5. The highest BCUT2D eigenvalue weighted by Gasteiger charge is 2.27. The zero-order chi connectivity index (χ0) is 17.1. The highest BCUT2D eigenvalue weighted by Crippen LogP contribution is 2.28. The second kappa shape index (κ2) is 7.31. The van der Waals surface area contributed by atoms with Gasteiger partial charge in [0.05, 0.1) is 12.0 Å². The molecule has 1 aromatic heterocycles. The van der Waals surface area contributed by atoms with Gasteiger partial charge in [-0.3, -0.25) is 15.0 Å². The number of aromatic nitrogens is 1. The van der Waals surface area contributed by atoms with E-state index in [2.05, 4.69) is 26.7 Å². The van der Waals surface area contributed by atoms with Crippen LogP contribution >= 0.6 is 0 Å². The predicted octanol–water partition coefficient (Wildman–Crippen LogP) is 1.21. The summed E-state index contributed by atoms with van der Waals surface area (Å²) in [5, 5.41) is 11.0. The first-order valence-corrected chi connectivity index (χ1v) is 8.45. The first-order chi connectivity index (χ1) is 11.6. The SMILES string of the molecule is COc1nc(N2CCN(C3CCN(C)CC3)CC2)ccc1[N+](=O)[O-]. The molecule has 3 heterocycles. The molecule has 2 fully saturated rings. The van der Waals surface area contributed by atoms with Crippen molar-refractivity contribution in [1.82, 2.24) is 14.8 Å². The van der Waals surface area contributed by atoms with Gasteiger partial charge in [-0.1, -0.05) is 0 Å². The lowest BCUT2D eigenvalue weighted by atomic mass is 10.0. The number of rotatable bonds is 4. The molecule has 2 saturated heterocycles. The van der Waals surface area contributed by atoms with Crippen molar-refractivity contribution >= 4 is 11.5 Å². The van der Waals surface area contributed by atoms with Crippen LogP contribution in [0.5, 0.6) is 5.88 Å². The topological polar surface area (TPSA) is 75.0 Å². The second-order valence-electron chi connectivity index (χ2n) is 6.51. The summed E-state index contributed by atoms with van der Waals surface area (Å²) in [6, 6.07) is 3.87. The van der Waals surface area contributed by atoms with Gasteiger partial charge in [-0.05, 0) is 39.0 Å². The fraction of sp³-hybridized carbons (Fsp3) is 0.688. The van der Waals surface area contributed by atoms with Crippen molar-refractivity contribution in [3.8, 4) is 5.88 Å². The minimum Gasteiger partial charge on any atom is -0.476 e. The molecule has 0 bridgehead atoms. The molecule has 1 aromatic rings. The maximum Gasteiger partial charge on any atom is 0.331 e. The minimum absolute atomic E-state index is 0.0789. The molecule has 0 amide bonds. The van der Waals surface area contributed by atoms with Gasteiger partial charge in [0.1, 0.15) is 5.82 Å². The molecule has 3 rings (SSSR count). The molecule has 2 aliphatic heterocycles. The van der Waals surface area contributed by atoms with Crippen molar-refractivity contribution in [1.29, 1.82) is 0 Å². The average Bonchev–Trinajstić information content (AvgIpc) is 2.62. The third-order valence-electron chi connectivity index (χ3n) is 5.06. The number of hydrogen-bond acceptors (Lipinski definition) is 7. The van der Waals surface area contributed by atoms with Gasteiger partial charge in [-0.25, -0.2) is 0 Å². The summed E-state index contributed by atoms with van der Waals surface area (Å²) < 4.78 is 5.07. The van der Waals surface area contributed by atoms with E-state index in [1.807, 2.05) is 0 Å². The van der Waals surface area contributed by atoms with Gasteiger partial charge in [0, 0.05) is 38.3 Å². The Morgan fingerprint density at radius 3 is 2.42 bits per heavy atom. The van der Waals surface area contributed by atoms with E-state index in [1.54, 1.807) is 6.07 Å². The van der Waals surface area contributed by atoms with Crippen LogP contribution in [0.1, 0.15) is 12.8 Å². The molecule has 0 unspecified atom stereocenters. The van der Waals surface area contributed by atoms with E-state index in [0.717, 1.165) is 32.0 Å². The number of pyridine rings is 1. The van der Waals surface area contributed by atoms with E-state index >= 15 is 0 Å². The number of ether oxygens (including phenoxy) is 1. The van der Waals surface area contributed by atoms with Gasteiger partial charge in [0.25, 0.3) is 5.88 Å². The van der Waals surface area contributed by atoms with E-state index in [0.29, 0.717) is 6.04 Å². The summed E-state index contributed by atoms with van der Waals surface area (Å²) in [6.45, 7) is 6.14. The number of anilines is 1. The van der Waals surface area contributed by atoms with Crippen molar-refractivity contribution < 1.29 is 9.66 Å². The Morgan fingerprint density at radius 1 is 1.17 bits per heavy atom. The molecule has 0 spiro atoms. The van der Waals surface area contributed by atoms with E-state index in [1.165, 1.54) is 39.1 Å². The number of nitro groups is 1. The number of piperazine rings is 1. The van der Waals surface area contributed by atoms with Crippen LogP contribution in [-0.2, 0) is 0 Å². The fourth-order valence-electron chi connectivity index (χ4n) is 3.56. The summed E-state index contributed by atoms with van der Waals surface area (Å²) >= 11 is 0. The molecule has 0 aromatic carbocycles. The Balaban J connectivity index is 1.61. The molecule has 8 nitrogen and oxygen atoms in total.